The van der Waals surface area contributed by atoms with E-state index in [9.17, 15) is 9.36 Å². The van der Waals surface area contributed by atoms with Gasteiger partial charge in [0.2, 0.25) is 6.41 Å². The first-order valence-electron chi connectivity index (χ1n) is 4.08. The van der Waals surface area contributed by atoms with Crippen LogP contribution < -0.4 is 5.09 Å². The van der Waals surface area contributed by atoms with Crippen molar-refractivity contribution in [3.8, 4) is 0 Å². The molecule has 0 fully saturated rings. The highest BCUT2D eigenvalue weighted by Gasteiger charge is 2.25. The molecule has 0 saturated carbocycles. The van der Waals surface area contributed by atoms with Gasteiger partial charge < -0.3 is 0 Å². The number of carbonyl (C=O) groups excluding carboxylic acids is 1. The van der Waals surface area contributed by atoms with E-state index < -0.39 is 6.65 Å². The van der Waals surface area contributed by atoms with E-state index >= 15 is 0 Å². The zero-order chi connectivity index (χ0) is 10.5. The van der Waals surface area contributed by atoms with Crippen LogP contribution in [0, 0.1) is 5.92 Å². The molecule has 78 valence electrons. The molecular formula is C7H17N2O2PS. The minimum absolute atomic E-state index is 0.465. The van der Waals surface area contributed by atoms with Gasteiger partial charge in [-0.05, 0) is 13.0 Å². The highest BCUT2D eigenvalue weighted by atomic mass is 32.7. The van der Waals surface area contributed by atoms with E-state index in [4.69, 9.17) is 0 Å². The van der Waals surface area contributed by atoms with Gasteiger partial charge in [-0.2, -0.15) is 0 Å². The Morgan fingerprint density at radius 2 is 2.15 bits per heavy atom. The summed E-state index contributed by atoms with van der Waals surface area (Å²) in [7, 11) is 3.13. The van der Waals surface area contributed by atoms with Gasteiger partial charge in [0, 0.05) is 12.8 Å². The van der Waals surface area contributed by atoms with Gasteiger partial charge in [0.1, 0.15) is 0 Å². The first kappa shape index (κ1) is 13.0. The van der Waals surface area contributed by atoms with E-state index in [2.05, 4.69) is 5.09 Å². The smallest absolute Gasteiger partial charge is 0.279 e. The first-order chi connectivity index (χ1) is 5.96. The molecular weight excluding hydrogens is 207 g/mol. The van der Waals surface area contributed by atoms with Gasteiger partial charge in [-0.3, -0.25) is 14.0 Å². The van der Waals surface area contributed by atoms with Crippen LogP contribution in [-0.4, -0.2) is 30.9 Å². The van der Waals surface area contributed by atoms with E-state index in [1.807, 2.05) is 13.8 Å². The van der Waals surface area contributed by atoms with Gasteiger partial charge in [-0.25, -0.2) is 5.09 Å². The molecule has 4 nitrogen and oxygen atoms in total. The molecule has 6 heteroatoms. The van der Waals surface area contributed by atoms with Gasteiger partial charge >= 0.3 is 0 Å². The molecule has 0 heterocycles. The third-order valence-corrected chi connectivity index (χ3v) is 6.91. The summed E-state index contributed by atoms with van der Waals surface area (Å²) in [6.07, 6.45) is 0.588. The van der Waals surface area contributed by atoms with Crippen molar-refractivity contribution in [2.45, 2.75) is 13.8 Å². The lowest BCUT2D eigenvalue weighted by atomic mass is 10.3. The lowest BCUT2D eigenvalue weighted by molar-refractivity contribution is -0.113. The zero-order valence-corrected chi connectivity index (χ0v) is 10.2. The average Bonchev–Trinajstić information content (AvgIpc) is 2.12. The Balaban J connectivity index is 4.28. The molecule has 0 aliphatic heterocycles. The molecule has 1 unspecified atom stereocenters. The molecule has 13 heavy (non-hydrogen) atoms. The molecule has 0 bridgehead atoms. The quantitative estimate of drug-likeness (QED) is 0.552. The maximum absolute atomic E-state index is 12.0. The molecule has 0 radical (unpaired) electrons. The summed E-state index contributed by atoms with van der Waals surface area (Å²) in [5.74, 6) is 1.24. The van der Waals surface area contributed by atoms with Crippen LogP contribution in [0.2, 0.25) is 0 Å². The third-order valence-electron chi connectivity index (χ3n) is 1.43. The second kappa shape index (κ2) is 5.68. The maximum Gasteiger partial charge on any atom is 0.294 e. The zero-order valence-electron chi connectivity index (χ0n) is 8.48. The number of carbonyl (C=O) groups is 1. The summed E-state index contributed by atoms with van der Waals surface area (Å²) >= 11 is 1.30. The lowest BCUT2D eigenvalue weighted by Gasteiger charge is -2.23. The lowest BCUT2D eigenvalue weighted by Crippen LogP contribution is -2.19. The van der Waals surface area contributed by atoms with Crippen molar-refractivity contribution in [2.24, 2.45) is 5.92 Å². The normalized spacial score (nSPS) is 15.5. The van der Waals surface area contributed by atoms with Crippen LogP contribution in [-0.2, 0) is 9.36 Å². The molecule has 0 aromatic carbocycles. The summed E-state index contributed by atoms with van der Waals surface area (Å²) < 4.78 is 13.2. The van der Waals surface area contributed by atoms with Crippen molar-refractivity contribution in [1.29, 1.82) is 0 Å². The van der Waals surface area contributed by atoms with E-state index in [0.717, 1.165) is 5.75 Å². The summed E-state index contributed by atoms with van der Waals surface area (Å²) in [4.78, 5) is 10.5. The predicted octanol–water partition coefficient (Wildman–Crippen LogP) is 1.79. The second-order valence-corrected chi connectivity index (χ2v) is 8.08. The minimum Gasteiger partial charge on any atom is -0.279 e. The molecule has 0 saturated heterocycles. The Bertz CT molecular complexity index is 211. The van der Waals surface area contributed by atoms with Crippen LogP contribution in [0.15, 0.2) is 0 Å². The van der Waals surface area contributed by atoms with Crippen molar-refractivity contribution in [3.05, 3.63) is 0 Å². The Morgan fingerprint density at radius 3 is 2.46 bits per heavy atom. The average molecular weight is 224 g/mol. The molecule has 0 spiro atoms. The number of nitrogens with one attached hydrogen (secondary N) is 1. The molecule has 0 rings (SSSR count). The van der Waals surface area contributed by atoms with Crippen molar-refractivity contribution in [1.82, 2.24) is 9.76 Å². The van der Waals surface area contributed by atoms with E-state index in [1.54, 1.807) is 7.05 Å². The molecule has 0 aliphatic carbocycles. The number of hydrogen-bond donors (Lipinski definition) is 1. The van der Waals surface area contributed by atoms with Crippen molar-refractivity contribution >= 4 is 24.4 Å². The fourth-order valence-corrected chi connectivity index (χ4v) is 4.43. The van der Waals surface area contributed by atoms with Crippen molar-refractivity contribution in [2.75, 3.05) is 19.8 Å². The number of amides is 1. The standard InChI is InChI=1S/C7H17N2O2PS/c1-7(2)5-13-12(11,8-3)9(4)6-10/h6-7H,5H2,1-4H3,(H,8,11). The van der Waals surface area contributed by atoms with E-state index in [0.29, 0.717) is 12.3 Å². The van der Waals surface area contributed by atoms with Gasteiger partial charge in [0.25, 0.3) is 6.65 Å². The van der Waals surface area contributed by atoms with Crippen LogP contribution in [0.5, 0.6) is 0 Å². The van der Waals surface area contributed by atoms with Gasteiger partial charge in [0.15, 0.2) is 0 Å². The highest BCUT2D eigenvalue weighted by Crippen LogP contribution is 2.56. The van der Waals surface area contributed by atoms with Gasteiger partial charge in [-0.15, -0.1) is 0 Å². The van der Waals surface area contributed by atoms with Crippen LogP contribution in [0.4, 0.5) is 0 Å². The Hall–Kier alpha value is 0.0100. The monoisotopic (exact) mass is 224 g/mol. The molecule has 1 N–H and O–H groups in total. The SMILES string of the molecule is CNP(=O)(SCC(C)C)N(C)C=O. The van der Waals surface area contributed by atoms with Crippen LogP contribution in [0.25, 0.3) is 0 Å². The van der Waals surface area contributed by atoms with Gasteiger partial charge in [0.05, 0.1) is 0 Å². The summed E-state index contributed by atoms with van der Waals surface area (Å²) in [5, 5.41) is 2.70. The van der Waals surface area contributed by atoms with Crippen LogP contribution >= 0.6 is 18.0 Å². The fraction of sp³-hybridized carbons (Fsp3) is 0.857. The van der Waals surface area contributed by atoms with Crippen LogP contribution in [0.1, 0.15) is 13.8 Å². The number of nitrogens with zero attached hydrogens (tertiary/aromatic N) is 1. The van der Waals surface area contributed by atoms with Crippen molar-refractivity contribution in [3.63, 3.8) is 0 Å². The number of rotatable bonds is 6. The largest absolute Gasteiger partial charge is 0.294 e. The predicted molar refractivity (Wildman–Crippen MR) is 57.8 cm³/mol. The van der Waals surface area contributed by atoms with E-state index in [1.165, 1.54) is 23.1 Å². The Labute approximate surface area is 83.7 Å². The minimum atomic E-state index is -2.71. The topological polar surface area (TPSA) is 49.4 Å². The fourth-order valence-electron chi connectivity index (χ4n) is 0.626. The highest BCUT2D eigenvalue weighted by molar-refractivity contribution is 8.56. The van der Waals surface area contributed by atoms with Gasteiger partial charge in [-0.1, -0.05) is 25.2 Å². The molecule has 1 atom stereocenters. The van der Waals surface area contributed by atoms with Crippen molar-refractivity contribution < 1.29 is 9.36 Å². The summed E-state index contributed by atoms with van der Waals surface area (Å²) in [5.41, 5.74) is 0. The Morgan fingerprint density at radius 1 is 1.62 bits per heavy atom. The molecule has 0 aromatic rings. The molecule has 0 aromatic heterocycles. The van der Waals surface area contributed by atoms with E-state index in [-0.39, 0.29) is 0 Å². The molecule has 1 amide bonds. The third kappa shape index (κ3) is 4.16. The molecule has 0 aliphatic rings. The Kier molecular flexibility index (Phi) is 5.68. The summed E-state index contributed by atoms with van der Waals surface area (Å²) in [6.45, 7) is 1.39. The number of hydrogen-bond acceptors (Lipinski definition) is 3. The maximum atomic E-state index is 12.0. The van der Waals surface area contributed by atoms with Crippen LogP contribution in [0.3, 0.4) is 0 Å². The second-order valence-electron chi connectivity index (χ2n) is 3.11. The first-order valence-corrected chi connectivity index (χ1v) is 7.33. The summed E-state index contributed by atoms with van der Waals surface area (Å²) in [6, 6.07) is 0.